The van der Waals surface area contributed by atoms with Crippen LogP contribution in [0.1, 0.15) is 68.3 Å². The Hall–Kier alpha value is -4.59. The first-order chi connectivity index (χ1) is 29.3. The van der Waals surface area contributed by atoms with Crippen LogP contribution in [0, 0.1) is 23.2 Å². The molecule has 2 bridgehead atoms. The third-order valence-electron chi connectivity index (χ3n) is 13.3. The number of H-pyrrole nitrogens is 1. The van der Waals surface area contributed by atoms with Crippen molar-refractivity contribution in [2.24, 2.45) is 23.2 Å². The maximum absolute atomic E-state index is 14.0. The summed E-state index contributed by atoms with van der Waals surface area (Å²) in [6, 6.07) is 23.1. The number of benzene rings is 4. The topological polar surface area (TPSA) is 137 Å². The Morgan fingerprint density at radius 2 is 1.74 bits per heavy atom. The highest BCUT2D eigenvalue weighted by atomic mass is 35.5. The zero-order valence-corrected chi connectivity index (χ0v) is 36.7. The van der Waals surface area contributed by atoms with Gasteiger partial charge in [-0.25, -0.2) is 13.1 Å². The standard InChI is InChI=1S/C47H51Cl2N5O6S/c1-47(2)17-16-32(37(25-47)29-8-10-33(48)11-9-29)27-53-18-20-54(21-19-53)34-12-14-36(44(23-34)60-42-5-3-4-41-38(42)26-50-51-41)46(56)52-61(57,58)35-13-15-43(40(49)24-35)59-28-39-30-6-7-31(22-30)45(39)55/h3-5,8-15,23-24,26,30-31,39,45,55H,6-7,16-22,25,27-28H2,1-2H3,(H,50,51)(H,52,56)/t30-,31+,39+,45+/m1/s1. The number of nitrogens with zero attached hydrogens (tertiary/aromatic N) is 3. The average molecular weight is 885 g/mol. The molecule has 2 heterocycles. The Kier molecular flexibility index (Phi) is 11.6. The molecular formula is C47H51Cl2N5O6S. The predicted molar refractivity (Wildman–Crippen MR) is 239 cm³/mol. The normalized spacial score (nSPS) is 22.8. The zero-order chi connectivity index (χ0) is 42.5. The van der Waals surface area contributed by atoms with E-state index in [0.717, 1.165) is 87.5 Å². The molecule has 14 heteroatoms. The van der Waals surface area contributed by atoms with Crippen molar-refractivity contribution in [2.75, 3.05) is 44.2 Å². The summed E-state index contributed by atoms with van der Waals surface area (Å²) in [5.74, 6) is 0.901. The number of piperazine rings is 1. The van der Waals surface area contributed by atoms with E-state index in [-0.39, 0.29) is 32.6 Å². The second kappa shape index (κ2) is 16.9. The van der Waals surface area contributed by atoms with Crippen molar-refractivity contribution in [1.29, 1.82) is 0 Å². The van der Waals surface area contributed by atoms with Crippen LogP contribution in [0.3, 0.4) is 0 Å². The number of rotatable bonds is 12. The molecule has 0 unspecified atom stereocenters. The van der Waals surface area contributed by atoms with E-state index in [1.165, 1.54) is 34.9 Å². The summed E-state index contributed by atoms with van der Waals surface area (Å²) < 4.78 is 42.0. The van der Waals surface area contributed by atoms with Gasteiger partial charge in [-0.1, -0.05) is 60.8 Å². The lowest BCUT2D eigenvalue weighted by Crippen LogP contribution is -2.47. The molecule has 4 aromatic carbocycles. The van der Waals surface area contributed by atoms with Crippen molar-refractivity contribution >= 4 is 61.3 Å². The number of ether oxygens (including phenoxy) is 2. The number of hydrogen-bond acceptors (Lipinski definition) is 9. The third-order valence-corrected chi connectivity index (χ3v) is 15.2. The molecule has 5 aromatic rings. The number of fused-ring (bicyclic) bond motifs is 3. The number of anilines is 1. The van der Waals surface area contributed by atoms with Crippen LogP contribution in [0.4, 0.5) is 5.69 Å². The lowest BCUT2D eigenvalue weighted by molar-refractivity contribution is 0.0335. The minimum atomic E-state index is -4.36. The third kappa shape index (κ3) is 8.88. The molecule has 3 fully saturated rings. The smallest absolute Gasteiger partial charge is 0.268 e. The highest BCUT2D eigenvalue weighted by molar-refractivity contribution is 7.90. The number of halogens is 2. The van der Waals surface area contributed by atoms with Gasteiger partial charge in [-0.3, -0.25) is 14.8 Å². The van der Waals surface area contributed by atoms with Gasteiger partial charge in [-0.2, -0.15) is 5.10 Å². The first-order valence-corrected chi connectivity index (χ1v) is 23.4. The Bertz CT molecular complexity index is 2590. The van der Waals surface area contributed by atoms with Crippen LogP contribution in [0.5, 0.6) is 17.2 Å². The quantitative estimate of drug-likeness (QED) is 0.112. The summed E-state index contributed by atoms with van der Waals surface area (Å²) in [5.41, 5.74) is 6.06. The van der Waals surface area contributed by atoms with Crippen LogP contribution in [0.25, 0.3) is 16.5 Å². The van der Waals surface area contributed by atoms with Crippen molar-refractivity contribution in [3.63, 3.8) is 0 Å². The minimum absolute atomic E-state index is 0.0254. The summed E-state index contributed by atoms with van der Waals surface area (Å²) in [7, 11) is -4.36. The van der Waals surface area contributed by atoms with Crippen molar-refractivity contribution < 1.29 is 27.8 Å². The zero-order valence-electron chi connectivity index (χ0n) is 34.4. The van der Waals surface area contributed by atoms with E-state index in [4.69, 9.17) is 32.7 Å². The number of aromatic nitrogens is 2. The predicted octanol–water partition coefficient (Wildman–Crippen LogP) is 9.35. The van der Waals surface area contributed by atoms with E-state index < -0.39 is 22.0 Å². The molecule has 1 amide bonds. The van der Waals surface area contributed by atoms with Crippen molar-refractivity contribution in [3.05, 3.63) is 112 Å². The number of aliphatic hydroxyl groups is 1. The molecular weight excluding hydrogens is 834 g/mol. The maximum atomic E-state index is 14.0. The van der Waals surface area contributed by atoms with Crippen LogP contribution < -0.4 is 19.1 Å². The van der Waals surface area contributed by atoms with Crippen LogP contribution in [-0.4, -0.2) is 80.0 Å². The Morgan fingerprint density at radius 1 is 0.951 bits per heavy atom. The number of amides is 1. The van der Waals surface area contributed by atoms with Gasteiger partial charge in [0.25, 0.3) is 15.9 Å². The van der Waals surface area contributed by atoms with Crippen molar-refractivity contribution in [3.8, 4) is 17.2 Å². The summed E-state index contributed by atoms with van der Waals surface area (Å²) in [6.45, 7) is 9.11. The van der Waals surface area contributed by atoms with E-state index in [0.29, 0.717) is 35.3 Å². The molecule has 3 aliphatic carbocycles. The van der Waals surface area contributed by atoms with Gasteiger partial charge in [0.2, 0.25) is 0 Å². The largest absolute Gasteiger partial charge is 0.492 e. The number of hydrogen-bond donors (Lipinski definition) is 3. The molecule has 1 saturated heterocycles. The molecule has 1 aromatic heterocycles. The molecule has 2 saturated carbocycles. The van der Waals surface area contributed by atoms with Crippen molar-refractivity contribution in [1.82, 2.24) is 19.8 Å². The molecule has 4 atom stereocenters. The highest BCUT2D eigenvalue weighted by Gasteiger charge is 2.47. The monoisotopic (exact) mass is 883 g/mol. The van der Waals surface area contributed by atoms with Crippen LogP contribution in [0.2, 0.25) is 10.0 Å². The maximum Gasteiger partial charge on any atom is 0.268 e. The van der Waals surface area contributed by atoms with E-state index in [1.54, 1.807) is 24.4 Å². The second-order valence-corrected chi connectivity index (χ2v) is 20.4. The molecule has 9 rings (SSSR count). The highest BCUT2D eigenvalue weighted by Crippen LogP contribution is 2.49. The lowest BCUT2D eigenvalue weighted by atomic mass is 9.72. The number of carbonyl (C=O) groups excluding carboxylic acids is 1. The number of nitrogens with one attached hydrogen (secondary N) is 2. The number of aromatic amines is 1. The number of carbonyl (C=O) groups is 1. The molecule has 61 heavy (non-hydrogen) atoms. The Labute approximate surface area is 367 Å². The summed E-state index contributed by atoms with van der Waals surface area (Å²) in [6.07, 6.45) is 7.63. The molecule has 11 nitrogen and oxygen atoms in total. The number of allylic oxidation sites excluding steroid dienone is 1. The van der Waals surface area contributed by atoms with Gasteiger partial charge in [0.1, 0.15) is 17.2 Å². The molecule has 4 aliphatic rings. The fourth-order valence-corrected chi connectivity index (χ4v) is 11.2. The first-order valence-electron chi connectivity index (χ1n) is 21.2. The molecule has 320 valence electrons. The number of aliphatic hydroxyl groups excluding tert-OH is 1. The van der Waals surface area contributed by atoms with Crippen LogP contribution in [0.15, 0.2) is 95.5 Å². The van der Waals surface area contributed by atoms with Gasteiger partial charge in [0.15, 0.2) is 0 Å². The van der Waals surface area contributed by atoms with E-state index >= 15 is 0 Å². The molecule has 0 radical (unpaired) electrons. The van der Waals surface area contributed by atoms with E-state index in [9.17, 15) is 18.3 Å². The van der Waals surface area contributed by atoms with Crippen molar-refractivity contribution in [2.45, 2.75) is 63.4 Å². The van der Waals surface area contributed by atoms with Gasteiger partial charge in [0.05, 0.1) is 45.3 Å². The summed E-state index contributed by atoms with van der Waals surface area (Å²) in [4.78, 5) is 18.5. The van der Waals surface area contributed by atoms with Gasteiger partial charge in [0, 0.05) is 55.4 Å². The number of sulfonamides is 1. The Morgan fingerprint density at radius 3 is 2.49 bits per heavy atom. The summed E-state index contributed by atoms with van der Waals surface area (Å²) >= 11 is 12.8. The molecule has 0 spiro atoms. The molecule has 3 N–H and O–H groups in total. The first kappa shape index (κ1) is 41.7. The Balaban J connectivity index is 0.914. The second-order valence-electron chi connectivity index (χ2n) is 17.9. The SMILES string of the molecule is CC1(C)CCC(CN2CCN(c3ccc(C(=O)NS(=O)(=O)c4ccc(OC[C@H]5[C@@H]6CC[C@@H](C6)[C@@H]5O)c(Cl)c4)c(Oc4cccc5[nH]ncc45)c3)CC2)=C(c2ccc(Cl)cc2)C1. The van der Waals surface area contributed by atoms with E-state index in [1.807, 2.05) is 30.3 Å². The van der Waals surface area contributed by atoms with E-state index in [2.05, 4.69) is 50.7 Å². The summed E-state index contributed by atoms with van der Waals surface area (Å²) in [5, 5.41) is 19.3. The lowest BCUT2D eigenvalue weighted by Gasteiger charge is -2.39. The van der Waals surface area contributed by atoms with Crippen LogP contribution in [-0.2, 0) is 10.0 Å². The fraction of sp³-hybridized carbons (Fsp3) is 0.404. The molecule has 1 aliphatic heterocycles. The van der Waals surface area contributed by atoms with Crippen LogP contribution >= 0.6 is 23.2 Å². The van der Waals surface area contributed by atoms with Gasteiger partial charge in [-0.15, -0.1) is 0 Å². The van der Waals surface area contributed by atoms with Gasteiger partial charge in [-0.05, 0) is 122 Å². The average Bonchev–Trinajstić information content (AvgIpc) is 4.00. The fourth-order valence-electron chi connectivity index (χ4n) is 9.83. The van der Waals surface area contributed by atoms with Gasteiger partial charge < -0.3 is 19.5 Å². The van der Waals surface area contributed by atoms with Gasteiger partial charge >= 0.3 is 0 Å². The minimum Gasteiger partial charge on any atom is -0.492 e.